The fourth-order valence-electron chi connectivity index (χ4n) is 3.60. The van der Waals surface area contributed by atoms with Gasteiger partial charge in [-0.05, 0) is 30.4 Å². The molecule has 128 valence electrons. The molecule has 0 radical (unpaired) electrons. The molecule has 1 fully saturated rings. The number of carbonyl (C=O) groups excluding carboxylic acids is 1. The van der Waals surface area contributed by atoms with Crippen LogP contribution in [0.1, 0.15) is 48.6 Å². The highest BCUT2D eigenvalue weighted by Gasteiger charge is 2.31. The van der Waals surface area contributed by atoms with E-state index >= 15 is 0 Å². The van der Waals surface area contributed by atoms with Gasteiger partial charge in [-0.3, -0.25) is 9.89 Å². The van der Waals surface area contributed by atoms with Crippen LogP contribution in [0.5, 0.6) is 0 Å². The van der Waals surface area contributed by atoms with Gasteiger partial charge in [-0.25, -0.2) is 0 Å². The van der Waals surface area contributed by atoms with Crippen LogP contribution in [0.4, 0.5) is 0 Å². The van der Waals surface area contributed by atoms with Crippen LogP contribution in [-0.2, 0) is 22.7 Å². The maximum atomic E-state index is 12.9. The quantitative estimate of drug-likeness (QED) is 0.821. The van der Waals surface area contributed by atoms with E-state index in [2.05, 4.69) is 27.6 Å². The number of H-pyrrole nitrogens is 1. The van der Waals surface area contributed by atoms with Crippen molar-refractivity contribution in [2.75, 3.05) is 7.11 Å². The summed E-state index contributed by atoms with van der Waals surface area (Å²) >= 11 is 0. The summed E-state index contributed by atoms with van der Waals surface area (Å²) < 4.78 is 5.06. The van der Waals surface area contributed by atoms with Gasteiger partial charge in [0.1, 0.15) is 0 Å². The minimum Gasteiger partial charge on any atom is -0.378 e. The Hall–Kier alpha value is -2.14. The number of amides is 1. The first kappa shape index (κ1) is 16.7. The fourth-order valence-corrected chi connectivity index (χ4v) is 3.60. The number of nitrogens with one attached hydrogen (secondary N) is 2. The third-order valence-electron chi connectivity index (χ3n) is 4.74. The Kier molecular flexibility index (Phi) is 5.64. The van der Waals surface area contributed by atoms with Gasteiger partial charge in [-0.2, -0.15) is 5.10 Å². The van der Waals surface area contributed by atoms with E-state index in [0.29, 0.717) is 19.1 Å². The smallest absolute Gasteiger partial charge is 0.228 e. The zero-order valence-electron chi connectivity index (χ0n) is 14.1. The van der Waals surface area contributed by atoms with E-state index in [4.69, 9.17) is 4.74 Å². The molecule has 24 heavy (non-hydrogen) atoms. The summed E-state index contributed by atoms with van der Waals surface area (Å²) in [5.41, 5.74) is 2.86. The zero-order valence-corrected chi connectivity index (χ0v) is 14.1. The van der Waals surface area contributed by atoms with Gasteiger partial charge >= 0.3 is 0 Å². The molecule has 0 saturated heterocycles. The van der Waals surface area contributed by atoms with Crippen molar-refractivity contribution in [3.63, 3.8) is 0 Å². The highest BCUT2D eigenvalue weighted by molar-refractivity contribution is 5.84. The molecule has 5 heteroatoms. The Morgan fingerprint density at radius 1 is 1.33 bits per heavy atom. The molecule has 1 aromatic carbocycles. The van der Waals surface area contributed by atoms with Crippen LogP contribution in [-0.4, -0.2) is 23.2 Å². The summed E-state index contributed by atoms with van der Waals surface area (Å²) in [6, 6.07) is 12.1. The average Bonchev–Trinajstić information content (AvgIpc) is 3.27. The fraction of sp³-hybridized carbons (Fsp3) is 0.474. The second-order valence-corrected chi connectivity index (χ2v) is 6.47. The van der Waals surface area contributed by atoms with Gasteiger partial charge in [-0.15, -0.1) is 0 Å². The van der Waals surface area contributed by atoms with Crippen LogP contribution in [0.15, 0.2) is 36.4 Å². The van der Waals surface area contributed by atoms with Crippen LogP contribution in [0.25, 0.3) is 0 Å². The van der Waals surface area contributed by atoms with E-state index in [0.717, 1.165) is 29.8 Å². The van der Waals surface area contributed by atoms with Crippen molar-refractivity contribution in [1.82, 2.24) is 15.5 Å². The van der Waals surface area contributed by atoms with Gasteiger partial charge in [0.25, 0.3) is 0 Å². The number of nitrogens with zero attached hydrogens (tertiary/aromatic N) is 1. The average molecular weight is 327 g/mol. The molecule has 2 N–H and O–H groups in total. The highest BCUT2D eigenvalue weighted by atomic mass is 16.5. The maximum absolute atomic E-state index is 12.9. The first-order valence-electron chi connectivity index (χ1n) is 8.62. The van der Waals surface area contributed by atoms with E-state index in [1.54, 1.807) is 7.11 Å². The molecule has 5 nitrogen and oxygen atoms in total. The summed E-state index contributed by atoms with van der Waals surface area (Å²) in [6.45, 7) is 0.935. The minimum atomic E-state index is -0.0601. The van der Waals surface area contributed by atoms with Crippen molar-refractivity contribution in [3.8, 4) is 0 Å². The SMILES string of the molecule is COCc1cc(CNC(=O)[C@H](c2ccccc2)C2CCCC2)[nH]n1. The van der Waals surface area contributed by atoms with Crippen molar-refractivity contribution >= 4 is 5.91 Å². The molecule has 1 atom stereocenters. The number of hydrogen-bond donors (Lipinski definition) is 2. The van der Waals surface area contributed by atoms with Crippen molar-refractivity contribution in [1.29, 1.82) is 0 Å². The third kappa shape index (κ3) is 4.03. The molecule has 0 unspecified atom stereocenters. The molecule has 0 aliphatic heterocycles. The Bertz CT molecular complexity index is 648. The molecule has 1 aliphatic rings. The highest BCUT2D eigenvalue weighted by Crippen LogP contribution is 2.37. The monoisotopic (exact) mass is 327 g/mol. The molecule has 1 saturated carbocycles. The second-order valence-electron chi connectivity index (χ2n) is 6.47. The summed E-state index contributed by atoms with van der Waals surface area (Å²) in [4.78, 5) is 12.9. The summed E-state index contributed by atoms with van der Waals surface area (Å²) in [6.07, 6.45) is 4.72. The number of aromatic nitrogens is 2. The Morgan fingerprint density at radius 3 is 2.79 bits per heavy atom. The lowest BCUT2D eigenvalue weighted by Gasteiger charge is -2.23. The van der Waals surface area contributed by atoms with E-state index < -0.39 is 0 Å². The lowest BCUT2D eigenvalue weighted by Crippen LogP contribution is -2.32. The van der Waals surface area contributed by atoms with E-state index in [-0.39, 0.29) is 11.8 Å². The van der Waals surface area contributed by atoms with Crippen LogP contribution in [0.3, 0.4) is 0 Å². The van der Waals surface area contributed by atoms with Crippen LogP contribution >= 0.6 is 0 Å². The number of carbonyl (C=O) groups is 1. The summed E-state index contributed by atoms with van der Waals surface area (Å²) in [7, 11) is 1.64. The second kappa shape index (κ2) is 8.11. The van der Waals surface area contributed by atoms with Gasteiger partial charge in [0, 0.05) is 7.11 Å². The van der Waals surface area contributed by atoms with Crippen molar-refractivity contribution in [2.24, 2.45) is 5.92 Å². The molecular weight excluding hydrogens is 302 g/mol. The Labute approximate surface area is 142 Å². The van der Waals surface area contributed by atoms with Crippen LogP contribution in [0.2, 0.25) is 0 Å². The van der Waals surface area contributed by atoms with Gasteiger partial charge < -0.3 is 10.1 Å². The molecule has 0 bridgehead atoms. The molecule has 1 amide bonds. The Morgan fingerprint density at radius 2 is 2.08 bits per heavy atom. The molecule has 1 aromatic heterocycles. The molecule has 0 spiro atoms. The number of ether oxygens (including phenoxy) is 1. The zero-order chi connectivity index (χ0) is 16.8. The van der Waals surface area contributed by atoms with Crippen LogP contribution in [0, 0.1) is 5.92 Å². The predicted molar refractivity (Wildman–Crippen MR) is 92.3 cm³/mol. The third-order valence-corrected chi connectivity index (χ3v) is 4.74. The van der Waals surface area contributed by atoms with Gasteiger partial charge in [-0.1, -0.05) is 43.2 Å². The predicted octanol–water partition coefficient (Wildman–Crippen LogP) is 3.15. The number of hydrogen-bond acceptors (Lipinski definition) is 3. The van der Waals surface area contributed by atoms with Gasteiger partial charge in [0.2, 0.25) is 5.91 Å². The first-order valence-corrected chi connectivity index (χ1v) is 8.62. The summed E-state index contributed by atoms with van der Waals surface area (Å²) in [5, 5.41) is 10.2. The molecule has 3 rings (SSSR count). The first-order chi connectivity index (χ1) is 11.8. The number of aromatic amines is 1. The van der Waals surface area contributed by atoms with Crippen molar-refractivity contribution in [3.05, 3.63) is 53.3 Å². The lowest BCUT2D eigenvalue weighted by molar-refractivity contribution is -0.123. The van der Waals surface area contributed by atoms with Gasteiger partial charge in [0.15, 0.2) is 0 Å². The normalized spacial score (nSPS) is 16.2. The topological polar surface area (TPSA) is 67.0 Å². The standard InChI is InChI=1S/C19H25N3O2/c1-24-13-17-11-16(21-22-17)12-20-19(23)18(15-9-5-6-10-15)14-7-3-2-4-8-14/h2-4,7-8,11,15,18H,5-6,9-10,12-13H2,1H3,(H,20,23)(H,21,22)/t18-/m1/s1. The molecule has 2 aromatic rings. The van der Waals surface area contributed by atoms with E-state index in [1.165, 1.54) is 12.8 Å². The maximum Gasteiger partial charge on any atom is 0.228 e. The minimum absolute atomic E-state index is 0.0601. The molecular formula is C19H25N3O2. The number of benzene rings is 1. The molecule has 1 heterocycles. The van der Waals surface area contributed by atoms with Crippen molar-refractivity contribution in [2.45, 2.75) is 44.8 Å². The number of methoxy groups -OCH3 is 1. The van der Waals surface area contributed by atoms with E-state index in [9.17, 15) is 4.79 Å². The van der Waals surface area contributed by atoms with Crippen molar-refractivity contribution < 1.29 is 9.53 Å². The lowest BCUT2D eigenvalue weighted by atomic mass is 9.84. The molecule has 1 aliphatic carbocycles. The summed E-state index contributed by atoms with van der Waals surface area (Å²) in [5.74, 6) is 0.490. The van der Waals surface area contributed by atoms with Gasteiger partial charge in [0.05, 0.1) is 30.5 Å². The van der Waals surface area contributed by atoms with E-state index in [1.807, 2.05) is 24.3 Å². The Balaban J connectivity index is 1.66. The van der Waals surface area contributed by atoms with Crippen LogP contribution < -0.4 is 5.32 Å². The largest absolute Gasteiger partial charge is 0.378 e. The number of rotatable bonds is 7.